The fourth-order valence-corrected chi connectivity index (χ4v) is 2.99. The molecule has 2 aromatic heterocycles. The minimum absolute atomic E-state index is 0.135. The zero-order chi connectivity index (χ0) is 18.8. The molecule has 1 aliphatic rings. The van der Waals surface area contributed by atoms with E-state index in [4.69, 9.17) is 4.74 Å². The van der Waals surface area contributed by atoms with Crippen molar-refractivity contribution < 1.29 is 9.53 Å². The summed E-state index contributed by atoms with van der Waals surface area (Å²) in [5, 5.41) is 2.76. The summed E-state index contributed by atoms with van der Waals surface area (Å²) >= 11 is 0. The molecule has 0 bridgehead atoms. The molecule has 4 rings (SSSR count). The Balaban J connectivity index is 1.47. The van der Waals surface area contributed by atoms with Crippen LogP contribution in [0.3, 0.4) is 0 Å². The van der Waals surface area contributed by atoms with Crippen LogP contribution in [0, 0.1) is 6.92 Å². The number of nitrogens with zero attached hydrogens (tertiary/aromatic N) is 3. The highest BCUT2D eigenvalue weighted by Gasteiger charge is 2.15. The van der Waals surface area contributed by atoms with Gasteiger partial charge >= 0.3 is 0 Å². The third-order valence-electron chi connectivity index (χ3n) is 4.38. The number of aryl methyl sites for hydroxylation is 1. The first kappa shape index (κ1) is 17.2. The number of rotatable bonds is 4. The lowest BCUT2D eigenvalue weighted by Gasteiger charge is -2.27. The molecule has 3 N–H and O–H groups in total. The molecule has 0 aliphatic carbocycles. The third-order valence-corrected chi connectivity index (χ3v) is 4.38. The number of H-pyrrole nitrogens is 2. The van der Waals surface area contributed by atoms with E-state index in [1.807, 2.05) is 30.0 Å². The number of benzene rings is 1. The van der Waals surface area contributed by atoms with Gasteiger partial charge in [-0.15, -0.1) is 0 Å². The van der Waals surface area contributed by atoms with Crippen molar-refractivity contribution in [3.8, 4) is 0 Å². The van der Waals surface area contributed by atoms with Gasteiger partial charge < -0.3 is 19.9 Å². The van der Waals surface area contributed by atoms with E-state index in [0.717, 1.165) is 16.6 Å². The smallest absolute Gasteiger partial charge is 0.287 e. The number of ether oxygens (including phenoxy) is 1. The van der Waals surface area contributed by atoms with Gasteiger partial charge in [0.2, 0.25) is 5.95 Å². The molecular weight excluding hydrogens is 348 g/mol. The number of hydrogen-bond acceptors (Lipinski definition) is 6. The Morgan fingerprint density at radius 1 is 1.22 bits per heavy atom. The van der Waals surface area contributed by atoms with E-state index in [1.165, 1.54) is 6.07 Å². The number of hydrogen-bond donors (Lipinski definition) is 3. The van der Waals surface area contributed by atoms with E-state index in [0.29, 0.717) is 37.9 Å². The van der Waals surface area contributed by atoms with Crippen LogP contribution >= 0.6 is 0 Å². The quantitative estimate of drug-likeness (QED) is 0.625. The first-order chi connectivity index (χ1) is 13.1. The number of imidazole rings is 1. The molecule has 0 radical (unpaired) electrons. The van der Waals surface area contributed by atoms with Gasteiger partial charge in [-0.25, -0.2) is 9.97 Å². The fraction of sp³-hybridized carbons (Fsp3) is 0.333. The fourth-order valence-electron chi connectivity index (χ4n) is 2.99. The number of aromatic nitrogens is 4. The van der Waals surface area contributed by atoms with Crippen LogP contribution in [-0.4, -0.2) is 52.1 Å². The van der Waals surface area contributed by atoms with Gasteiger partial charge in [0.15, 0.2) is 5.82 Å². The number of anilines is 1. The van der Waals surface area contributed by atoms with Gasteiger partial charge in [-0.05, 0) is 24.6 Å². The van der Waals surface area contributed by atoms with Crippen molar-refractivity contribution in [2.45, 2.75) is 13.5 Å². The molecule has 1 aromatic carbocycles. The molecule has 3 aromatic rings. The predicted octanol–water partition coefficient (Wildman–Crippen LogP) is 0.721. The summed E-state index contributed by atoms with van der Waals surface area (Å²) in [6.45, 7) is 4.63. The van der Waals surface area contributed by atoms with Crippen LogP contribution in [0.1, 0.15) is 21.9 Å². The average molecular weight is 368 g/mol. The number of amides is 1. The van der Waals surface area contributed by atoms with Gasteiger partial charge in [-0.2, -0.15) is 0 Å². The summed E-state index contributed by atoms with van der Waals surface area (Å²) in [6, 6.07) is 7.13. The summed E-state index contributed by atoms with van der Waals surface area (Å²) in [5.41, 5.74) is 2.86. The lowest BCUT2D eigenvalue weighted by molar-refractivity contribution is 0.0941. The minimum Gasteiger partial charge on any atom is -0.378 e. The molecule has 0 spiro atoms. The zero-order valence-corrected chi connectivity index (χ0v) is 14.9. The molecule has 1 saturated heterocycles. The van der Waals surface area contributed by atoms with E-state index < -0.39 is 0 Å². The SMILES string of the molecule is Cc1ccc2nc(C(=O)NCc3cc(=O)[nH]c(N4CCOCC4)n3)[nH]c2c1. The summed E-state index contributed by atoms with van der Waals surface area (Å²) in [6.07, 6.45) is 0. The van der Waals surface area contributed by atoms with E-state index in [2.05, 4.69) is 25.3 Å². The Morgan fingerprint density at radius 3 is 2.85 bits per heavy atom. The molecule has 9 nitrogen and oxygen atoms in total. The minimum atomic E-state index is -0.348. The van der Waals surface area contributed by atoms with E-state index in [9.17, 15) is 9.59 Å². The van der Waals surface area contributed by atoms with Crippen LogP contribution in [0.15, 0.2) is 29.1 Å². The monoisotopic (exact) mass is 368 g/mol. The molecule has 140 valence electrons. The van der Waals surface area contributed by atoms with Crippen molar-refractivity contribution in [3.63, 3.8) is 0 Å². The highest BCUT2D eigenvalue weighted by molar-refractivity contribution is 5.94. The molecule has 0 atom stereocenters. The predicted molar refractivity (Wildman–Crippen MR) is 99.9 cm³/mol. The molecular formula is C18H20N6O3. The maximum Gasteiger partial charge on any atom is 0.287 e. The third kappa shape index (κ3) is 3.82. The standard InChI is InChI=1S/C18H20N6O3/c1-11-2-3-13-14(8-11)22-16(21-13)17(26)19-10-12-9-15(25)23-18(20-12)24-4-6-27-7-5-24/h2-3,8-9H,4-7,10H2,1H3,(H,19,26)(H,21,22)(H,20,23,25). The Labute approximate surface area is 154 Å². The van der Waals surface area contributed by atoms with E-state index in [-0.39, 0.29) is 23.8 Å². The van der Waals surface area contributed by atoms with Crippen LogP contribution in [0.2, 0.25) is 0 Å². The lowest BCUT2D eigenvalue weighted by Crippen LogP contribution is -2.38. The largest absolute Gasteiger partial charge is 0.378 e. The van der Waals surface area contributed by atoms with Gasteiger partial charge in [0, 0.05) is 19.2 Å². The zero-order valence-electron chi connectivity index (χ0n) is 14.9. The van der Waals surface area contributed by atoms with Gasteiger partial charge in [-0.1, -0.05) is 6.07 Å². The number of carbonyl (C=O) groups excluding carboxylic acids is 1. The van der Waals surface area contributed by atoms with Crippen molar-refractivity contribution in [2.75, 3.05) is 31.2 Å². The van der Waals surface area contributed by atoms with Crippen molar-refractivity contribution in [1.82, 2.24) is 25.3 Å². The van der Waals surface area contributed by atoms with Gasteiger partial charge in [0.25, 0.3) is 11.5 Å². The normalized spacial score (nSPS) is 14.5. The highest BCUT2D eigenvalue weighted by atomic mass is 16.5. The van der Waals surface area contributed by atoms with Crippen LogP contribution < -0.4 is 15.8 Å². The van der Waals surface area contributed by atoms with Crippen molar-refractivity contribution in [1.29, 1.82) is 0 Å². The second-order valence-electron chi connectivity index (χ2n) is 6.45. The second-order valence-corrected chi connectivity index (χ2v) is 6.45. The van der Waals surface area contributed by atoms with Crippen molar-refractivity contribution in [3.05, 3.63) is 51.7 Å². The Hall–Kier alpha value is -3.20. The number of morpholine rings is 1. The first-order valence-corrected chi connectivity index (χ1v) is 8.76. The molecule has 3 heterocycles. The first-order valence-electron chi connectivity index (χ1n) is 8.76. The Bertz CT molecular complexity index is 1030. The van der Waals surface area contributed by atoms with Crippen LogP contribution in [0.5, 0.6) is 0 Å². The van der Waals surface area contributed by atoms with Gasteiger partial charge in [0.05, 0.1) is 36.5 Å². The number of fused-ring (bicyclic) bond motifs is 1. The van der Waals surface area contributed by atoms with Crippen LogP contribution in [-0.2, 0) is 11.3 Å². The van der Waals surface area contributed by atoms with Crippen LogP contribution in [0.25, 0.3) is 11.0 Å². The summed E-state index contributed by atoms with van der Waals surface area (Å²) in [7, 11) is 0. The van der Waals surface area contributed by atoms with Crippen LogP contribution in [0.4, 0.5) is 5.95 Å². The number of carbonyl (C=O) groups is 1. The highest BCUT2D eigenvalue weighted by Crippen LogP contribution is 2.13. The molecule has 9 heteroatoms. The second kappa shape index (κ2) is 7.20. The molecule has 1 fully saturated rings. The molecule has 1 aliphatic heterocycles. The molecule has 0 saturated carbocycles. The molecule has 0 unspecified atom stereocenters. The molecule has 27 heavy (non-hydrogen) atoms. The summed E-state index contributed by atoms with van der Waals surface area (Å²) < 4.78 is 5.31. The number of nitrogens with one attached hydrogen (secondary N) is 3. The Kier molecular flexibility index (Phi) is 4.59. The maximum absolute atomic E-state index is 12.4. The van der Waals surface area contributed by atoms with E-state index in [1.54, 1.807) is 0 Å². The maximum atomic E-state index is 12.4. The number of aromatic amines is 2. The average Bonchev–Trinajstić information content (AvgIpc) is 3.09. The van der Waals surface area contributed by atoms with Gasteiger partial charge in [0.1, 0.15) is 0 Å². The summed E-state index contributed by atoms with van der Waals surface area (Å²) in [5.74, 6) is 0.377. The topological polar surface area (TPSA) is 116 Å². The van der Waals surface area contributed by atoms with Crippen molar-refractivity contribution >= 4 is 22.9 Å². The summed E-state index contributed by atoms with van der Waals surface area (Å²) in [4.78, 5) is 40.8. The van der Waals surface area contributed by atoms with Crippen molar-refractivity contribution in [2.24, 2.45) is 0 Å². The van der Waals surface area contributed by atoms with Gasteiger partial charge in [-0.3, -0.25) is 14.6 Å². The van der Waals surface area contributed by atoms with E-state index >= 15 is 0 Å². The molecule has 1 amide bonds. The Morgan fingerprint density at radius 2 is 2.04 bits per heavy atom. The lowest BCUT2D eigenvalue weighted by atomic mass is 10.2.